The van der Waals surface area contributed by atoms with Gasteiger partial charge in [0, 0.05) is 18.4 Å². The molecule has 0 spiro atoms. The van der Waals surface area contributed by atoms with Gasteiger partial charge in [-0.1, -0.05) is 6.07 Å². The van der Waals surface area contributed by atoms with Crippen LogP contribution in [0.4, 0.5) is 11.4 Å². The van der Waals surface area contributed by atoms with Gasteiger partial charge in [-0.25, -0.2) is 0 Å². The number of piperazine rings is 1. The highest BCUT2D eigenvalue weighted by molar-refractivity contribution is 6.04. The number of nitrogen functional groups attached to an aromatic ring is 1. The lowest BCUT2D eigenvalue weighted by Crippen LogP contribution is -2.52. The smallest absolute Gasteiger partial charge is 0.247 e. The molecule has 0 aromatic heterocycles. The van der Waals surface area contributed by atoms with E-state index in [1.165, 1.54) is 9.80 Å². The molecule has 1 heterocycles. The molecule has 0 radical (unpaired) electrons. The Balaban J connectivity index is 2.27. The summed E-state index contributed by atoms with van der Waals surface area (Å²) < 4.78 is 0. The number of benzene rings is 1. The molecule has 0 unspecified atom stereocenters. The summed E-state index contributed by atoms with van der Waals surface area (Å²) in [6.45, 7) is 0.201. The van der Waals surface area contributed by atoms with Crippen LogP contribution in [0, 0.1) is 0 Å². The van der Waals surface area contributed by atoms with Gasteiger partial charge >= 0.3 is 0 Å². The van der Waals surface area contributed by atoms with Crippen molar-refractivity contribution in [3.8, 4) is 0 Å². The van der Waals surface area contributed by atoms with Crippen LogP contribution >= 0.6 is 0 Å². The lowest BCUT2D eigenvalue weighted by Gasteiger charge is -2.31. The first-order valence-electron chi connectivity index (χ1n) is 4.98. The Hall–Kier alpha value is -2.04. The number of nitrogens with two attached hydrogens (primary N) is 1. The summed E-state index contributed by atoms with van der Waals surface area (Å²) in [6, 6.07) is 6.97. The predicted molar refractivity (Wildman–Crippen MR) is 60.8 cm³/mol. The summed E-state index contributed by atoms with van der Waals surface area (Å²) >= 11 is 0. The van der Waals surface area contributed by atoms with Crippen LogP contribution in [0.15, 0.2) is 24.3 Å². The van der Waals surface area contributed by atoms with E-state index in [-0.39, 0.29) is 24.9 Å². The molecule has 1 aromatic carbocycles. The number of hydrogen-bond donors (Lipinski definition) is 1. The fourth-order valence-electron chi connectivity index (χ4n) is 1.65. The minimum atomic E-state index is -0.0901. The van der Waals surface area contributed by atoms with Gasteiger partial charge in [-0.3, -0.25) is 9.59 Å². The van der Waals surface area contributed by atoms with Gasteiger partial charge in [-0.05, 0) is 18.2 Å². The molecule has 1 saturated heterocycles. The van der Waals surface area contributed by atoms with Gasteiger partial charge in [0.15, 0.2) is 0 Å². The number of rotatable bonds is 1. The Morgan fingerprint density at radius 3 is 2.62 bits per heavy atom. The predicted octanol–water partition coefficient (Wildman–Crippen LogP) is 0.0738. The van der Waals surface area contributed by atoms with Gasteiger partial charge < -0.3 is 15.5 Å². The van der Waals surface area contributed by atoms with E-state index in [1.807, 2.05) is 0 Å². The minimum Gasteiger partial charge on any atom is -0.399 e. The zero-order chi connectivity index (χ0) is 11.7. The normalized spacial score (nSPS) is 16.8. The maximum absolute atomic E-state index is 11.8. The number of carbonyl (C=O) groups excluding carboxylic acids is 2. The fourth-order valence-corrected chi connectivity index (χ4v) is 1.65. The summed E-state index contributed by atoms with van der Waals surface area (Å²) in [5, 5.41) is 0. The number of hydrogen-bond acceptors (Lipinski definition) is 3. The van der Waals surface area contributed by atoms with Crippen molar-refractivity contribution >= 4 is 23.2 Å². The second-order valence-corrected chi connectivity index (χ2v) is 3.82. The van der Waals surface area contributed by atoms with Crippen molar-refractivity contribution in [3.05, 3.63) is 24.3 Å². The zero-order valence-corrected chi connectivity index (χ0v) is 9.01. The van der Waals surface area contributed by atoms with Crippen molar-refractivity contribution in [1.29, 1.82) is 0 Å². The maximum atomic E-state index is 11.8. The molecule has 5 heteroatoms. The Kier molecular flexibility index (Phi) is 2.52. The van der Waals surface area contributed by atoms with Crippen LogP contribution in [0.1, 0.15) is 0 Å². The third-order valence-corrected chi connectivity index (χ3v) is 2.57. The summed E-state index contributed by atoms with van der Waals surface area (Å²) in [6.07, 6.45) is 0. The quantitative estimate of drug-likeness (QED) is 0.680. The lowest BCUT2D eigenvalue weighted by atomic mass is 10.2. The molecule has 84 valence electrons. The van der Waals surface area contributed by atoms with Crippen molar-refractivity contribution in [2.75, 3.05) is 30.8 Å². The van der Waals surface area contributed by atoms with E-state index < -0.39 is 0 Å². The highest BCUT2D eigenvalue weighted by Crippen LogP contribution is 2.19. The summed E-state index contributed by atoms with van der Waals surface area (Å²) in [5.41, 5.74) is 6.89. The molecule has 1 aliphatic heterocycles. The van der Waals surface area contributed by atoms with Crippen molar-refractivity contribution in [2.45, 2.75) is 0 Å². The molecule has 2 rings (SSSR count). The molecule has 5 nitrogen and oxygen atoms in total. The molecular formula is C11H13N3O2. The first-order valence-corrected chi connectivity index (χ1v) is 4.98. The number of carbonyl (C=O) groups is 2. The number of amides is 2. The topological polar surface area (TPSA) is 66.6 Å². The lowest BCUT2D eigenvalue weighted by molar-refractivity contribution is -0.136. The van der Waals surface area contributed by atoms with Crippen LogP contribution in [0.5, 0.6) is 0 Å². The highest BCUT2D eigenvalue weighted by atomic mass is 16.2. The van der Waals surface area contributed by atoms with Gasteiger partial charge in [-0.15, -0.1) is 0 Å². The molecule has 0 atom stereocenters. The van der Waals surface area contributed by atoms with Gasteiger partial charge in [0.1, 0.15) is 6.54 Å². The molecule has 1 aromatic rings. The van der Waals surface area contributed by atoms with Gasteiger partial charge in [-0.2, -0.15) is 0 Å². The SMILES string of the molecule is CN1CC(=O)N(c2cccc(N)c2)CC1=O. The summed E-state index contributed by atoms with van der Waals surface area (Å²) in [4.78, 5) is 26.1. The van der Waals surface area contributed by atoms with E-state index >= 15 is 0 Å². The molecule has 1 fully saturated rings. The highest BCUT2D eigenvalue weighted by Gasteiger charge is 2.28. The zero-order valence-electron chi connectivity index (χ0n) is 9.01. The van der Waals surface area contributed by atoms with E-state index in [1.54, 1.807) is 31.3 Å². The van der Waals surface area contributed by atoms with Crippen LogP contribution in [0.3, 0.4) is 0 Å². The standard InChI is InChI=1S/C11H13N3O2/c1-13-6-11(16)14(7-10(13)15)9-4-2-3-8(12)5-9/h2-5H,6-7,12H2,1H3. The van der Waals surface area contributed by atoms with Gasteiger partial charge in [0.05, 0.1) is 6.54 Å². The second-order valence-electron chi connectivity index (χ2n) is 3.82. The molecule has 1 aliphatic rings. The fraction of sp³-hybridized carbons (Fsp3) is 0.273. The summed E-state index contributed by atoms with van der Waals surface area (Å²) in [7, 11) is 1.62. The minimum absolute atomic E-state index is 0.0676. The van der Waals surface area contributed by atoms with Crippen LogP contribution in [-0.2, 0) is 9.59 Å². The van der Waals surface area contributed by atoms with Crippen molar-refractivity contribution < 1.29 is 9.59 Å². The number of likely N-dealkylation sites (N-methyl/N-ethyl adjacent to an activating group) is 1. The van der Waals surface area contributed by atoms with E-state index in [4.69, 9.17) is 5.73 Å². The van der Waals surface area contributed by atoms with E-state index in [9.17, 15) is 9.59 Å². The molecule has 0 aliphatic carbocycles. The van der Waals surface area contributed by atoms with Crippen LogP contribution in [0.25, 0.3) is 0 Å². The Bertz CT molecular complexity index is 445. The van der Waals surface area contributed by atoms with Crippen molar-refractivity contribution in [3.63, 3.8) is 0 Å². The Labute approximate surface area is 93.4 Å². The average molecular weight is 219 g/mol. The van der Waals surface area contributed by atoms with Crippen molar-refractivity contribution in [1.82, 2.24) is 4.90 Å². The largest absolute Gasteiger partial charge is 0.399 e. The molecule has 0 bridgehead atoms. The third-order valence-electron chi connectivity index (χ3n) is 2.57. The molecular weight excluding hydrogens is 206 g/mol. The third kappa shape index (κ3) is 1.84. The van der Waals surface area contributed by atoms with Crippen LogP contribution < -0.4 is 10.6 Å². The molecule has 2 amide bonds. The first kappa shape index (κ1) is 10.5. The number of anilines is 2. The number of nitrogens with zero attached hydrogens (tertiary/aromatic N) is 2. The van der Waals surface area contributed by atoms with E-state index in [0.29, 0.717) is 11.4 Å². The monoisotopic (exact) mass is 219 g/mol. The molecule has 2 N–H and O–H groups in total. The van der Waals surface area contributed by atoms with E-state index in [0.717, 1.165) is 0 Å². The Morgan fingerprint density at radius 1 is 1.19 bits per heavy atom. The van der Waals surface area contributed by atoms with Gasteiger partial charge in [0.25, 0.3) is 0 Å². The van der Waals surface area contributed by atoms with Crippen LogP contribution in [-0.4, -0.2) is 36.9 Å². The van der Waals surface area contributed by atoms with Crippen LogP contribution in [0.2, 0.25) is 0 Å². The molecule has 0 saturated carbocycles. The maximum Gasteiger partial charge on any atom is 0.247 e. The van der Waals surface area contributed by atoms with E-state index in [2.05, 4.69) is 0 Å². The van der Waals surface area contributed by atoms with Crippen molar-refractivity contribution in [2.24, 2.45) is 0 Å². The Morgan fingerprint density at radius 2 is 1.94 bits per heavy atom. The average Bonchev–Trinajstić information content (AvgIpc) is 2.23. The molecule has 16 heavy (non-hydrogen) atoms. The second kappa shape index (κ2) is 3.84. The first-order chi connectivity index (χ1) is 7.58. The van der Waals surface area contributed by atoms with Gasteiger partial charge in [0.2, 0.25) is 11.8 Å². The summed E-state index contributed by atoms with van der Waals surface area (Å²) in [5.74, 6) is -0.158.